The summed E-state index contributed by atoms with van der Waals surface area (Å²) in [4.78, 5) is 15.8. The number of carbonyl (C=O) groups is 1. The van der Waals surface area contributed by atoms with E-state index in [-0.39, 0.29) is 11.5 Å². The highest BCUT2D eigenvalue weighted by molar-refractivity contribution is 5.90. The van der Waals surface area contributed by atoms with Crippen LogP contribution in [0.1, 0.15) is 29.4 Å². The highest BCUT2D eigenvalue weighted by atomic mass is 16.5. The van der Waals surface area contributed by atoms with E-state index in [1.165, 1.54) is 7.11 Å². The van der Waals surface area contributed by atoms with Gasteiger partial charge in [-0.2, -0.15) is 0 Å². The molecule has 1 saturated heterocycles. The van der Waals surface area contributed by atoms with Crippen molar-refractivity contribution >= 4 is 11.8 Å². The third-order valence-electron chi connectivity index (χ3n) is 3.14. The van der Waals surface area contributed by atoms with E-state index < -0.39 is 0 Å². The lowest BCUT2D eigenvalue weighted by molar-refractivity contribution is 0.0599. The summed E-state index contributed by atoms with van der Waals surface area (Å²) in [6, 6.07) is 3.53. The Kier molecular flexibility index (Phi) is 3.52. The number of pyridine rings is 1. The topological polar surface area (TPSA) is 60.5 Å². The number of carbonyl (C=O) groups excluding carboxylic acids is 1. The van der Waals surface area contributed by atoms with E-state index in [0.29, 0.717) is 17.9 Å². The van der Waals surface area contributed by atoms with Crippen LogP contribution in [0.15, 0.2) is 12.1 Å². The maximum Gasteiger partial charge on any atom is 0.339 e. The van der Waals surface area contributed by atoms with Crippen LogP contribution in [0.2, 0.25) is 0 Å². The summed E-state index contributed by atoms with van der Waals surface area (Å²) in [5.74, 6) is 0.398. The van der Waals surface area contributed by atoms with E-state index in [1.54, 1.807) is 19.1 Å². The maximum atomic E-state index is 11.5. The second-order valence-corrected chi connectivity index (χ2v) is 4.81. The predicted molar refractivity (Wildman–Crippen MR) is 67.8 cm³/mol. The molecule has 1 atom stereocenters. The maximum absolute atomic E-state index is 11.5. The third kappa shape index (κ3) is 2.61. The van der Waals surface area contributed by atoms with Crippen LogP contribution in [0.4, 0.5) is 5.82 Å². The SMILES string of the molecule is COC(=O)c1ccc(NC2(C)CCOC2)nc1C. The molecule has 2 heterocycles. The largest absolute Gasteiger partial charge is 0.465 e. The summed E-state index contributed by atoms with van der Waals surface area (Å²) in [7, 11) is 1.37. The Bertz CT molecular complexity index is 454. The standard InChI is InChI=1S/C13H18N2O3/c1-9-10(12(16)17-3)4-5-11(14-9)15-13(2)6-7-18-8-13/h4-5H,6-8H2,1-3H3,(H,14,15). The number of ether oxygens (including phenoxy) is 2. The zero-order valence-corrected chi connectivity index (χ0v) is 10.9. The van der Waals surface area contributed by atoms with Crippen molar-refractivity contribution in [1.29, 1.82) is 0 Å². The smallest absolute Gasteiger partial charge is 0.339 e. The first-order valence-electron chi connectivity index (χ1n) is 5.96. The van der Waals surface area contributed by atoms with Gasteiger partial charge in [-0.05, 0) is 32.4 Å². The molecule has 1 unspecified atom stereocenters. The highest BCUT2D eigenvalue weighted by Gasteiger charge is 2.29. The fourth-order valence-corrected chi connectivity index (χ4v) is 2.03. The number of esters is 1. The van der Waals surface area contributed by atoms with Crippen molar-refractivity contribution in [2.24, 2.45) is 0 Å². The molecule has 0 aliphatic carbocycles. The highest BCUT2D eigenvalue weighted by Crippen LogP contribution is 2.23. The zero-order valence-electron chi connectivity index (χ0n) is 10.9. The molecule has 1 aliphatic rings. The van der Waals surface area contributed by atoms with Gasteiger partial charge in [0.15, 0.2) is 0 Å². The molecule has 1 aromatic rings. The fourth-order valence-electron chi connectivity index (χ4n) is 2.03. The summed E-state index contributed by atoms with van der Waals surface area (Å²) < 4.78 is 10.1. The van der Waals surface area contributed by atoms with Crippen molar-refractivity contribution in [3.05, 3.63) is 23.4 Å². The van der Waals surface area contributed by atoms with Crippen LogP contribution < -0.4 is 5.32 Å². The number of anilines is 1. The Morgan fingerprint density at radius 2 is 2.33 bits per heavy atom. The number of nitrogens with zero attached hydrogens (tertiary/aromatic N) is 1. The van der Waals surface area contributed by atoms with Gasteiger partial charge < -0.3 is 14.8 Å². The van der Waals surface area contributed by atoms with Gasteiger partial charge in [-0.3, -0.25) is 0 Å². The Morgan fingerprint density at radius 3 is 2.89 bits per heavy atom. The molecule has 1 fully saturated rings. The molecule has 98 valence electrons. The summed E-state index contributed by atoms with van der Waals surface area (Å²) in [5, 5.41) is 3.35. The minimum absolute atomic E-state index is 0.0772. The van der Waals surface area contributed by atoms with Crippen molar-refractivity contribution < 1.29 is 14.3 Å². The normalized spacial score (nSPS) is 22.8. The van der Waals surface area contributed by atoms with Gasteiger partial charge in [-0.25, -0.2) is 9.78 Å². The van der Waals surface area contributed by atoms with Gasteiger partial charge in [0.1, 0.15) is 5.82 Å². The quantitative estimate of drug-likeness (QED) is 0.828. The molecule has 5 nitrogen and oxygen atoms in total. The Hall–Kier alpha value is -1.62. The van der Waals surface area contributed by atoms with Gasteiger partial charge in [-0.15, -0.1) is 0 Å². The van der Waals surface area contributed by atoms with Crippen LogP contribution in [0.25, 0.3) is 0 Å². The van der Waals surface area contributed by atoms with Crippen LogP contribution >= 0.6 is 0 Å². The average molecular weight is 250 g/mol. The lowest BCUT2D eigenvalue weighted by Crippen LogP contribution is -2.35. The number of nitrogens with one attached hydrogen (secondary N) is 1. The first-order valence-corrected chi connectivity index (χ1v) is 5.96. The molecule has 0 spiro atoms. The van der Waals surface area contributed by atoms with Crippen molar-refractivity contribution in [3.63, 3.8) is 0 Å². The summed E-state index contributed by atoms with van der Waals surface area (Å²) >= 11 is 0. The molecule has 2 rings (SSSR count). The number of rotatable bonds is 3. The minimum Gasteiger partial charge on any atom is -0.465 e. The second kappa shape index (κ2) is 4.94. The molecule has 1 aliphatic heterocycles. The Morgan fingerprint density at radius 1 is 1.56 bits per heavy atom. The monoisotopic (exact) mass is 250 g/mol. The summed E-state index contributed by atoms with van der Waals surface area (Å²) in [6.07, 6.45) is 0.951. The molecular formula is C13H18N2O3. The van der Waals surface area contributed by atoms with Crippen molar-refractivity contribution in [3.8, 4) is 0 Å². The first-order chi connectivity index (χ1) is 8.54. The van der Waals surface area contributed by atoms with Gasteiger partial charge in [0, 0.05) is 6.61 Å². The minimum atomic E-state index is -0.359. The van der Waals surface area contributed by atoms with E-state index in [4.69, 9.17) is 9.47 Å². The molecular weight excluding hydrogens is 232 g/mol. The number of methoxy groups -OCH3 is 1. The Balaban J connectivity index is 2.16. The fraction of sp³-hybridized carbons (Fsp3) is 0.538. The van der Waals surface area contributed by atoms with Gasteiger partial charge in [0.2, 0.25) is 0 Å². The van der Waals surface area contributed by atoms with Gasteiger partial charge >= 0.3 is 5.97 Å². The number of aryl methyl sites for hydroxylation is 1. The van der Waals surface area contributed by atoms with Crippen LogP contribution in [-0.4, -0.2) is 36.8 Å². The molecule has 0 aromatic carbocycles. The molecule has 0 radical (unpaired) electrons. The van der Waals surface area contributed by atoms with Gasteiger partial charge in [-0.1, -0.05) is 0 Å². The van der Waals surface area contributed by atoms with Crippen LogP contribution in [0.5, 0.6) is 0 Å². The van der Waals surface area contributed by atoms with E-state index in [9.17, 15) is 4.79 Å². The van der Waals surface area contributed by atoms with E-state index in [0.717, 1.165) is 18.8 Å². The number of hydrogen-bond donors (Lipinski definition) is 1. The van der Waals surface area contributed by atoms with E-state index >= 15 is 0 Å². The van der Waals surface area contributed by atoms with Crippen molar-refractivity contribution in [1.82, 2.24) is 4.98 Å². The molecule has 0 bridgehead atoms. The predicted octanol–water partition coefficient (Wildman–Crippen LogP) is 1.77. The first kappa shape index (κ1) is 12.8. The third-order valence-corrected chi connectivity index (χ3v) is 3.14. The Labute approximate surface area is 107 Å². The van der Waals surface area contributed by atoms with Gasteiger partial charge in [0.25, 0.3) is 0 Å². The van der Waals surface area contributed by atoms with Crippen LogP contribution in [-0.2, 0) is 9.47 Å². The lowest BCUT2D eigenvalue weighted by Gasteiger charge is -2.24. The van der Waals surface area contributed by atoms with Crippen LogP contribution in [0.3, 0.4) is 0 Å². The summed E-state index contributed by atoms with van der Waals surface area (Å²) in [5.41, 5.74) is 1.08. The van der Waals surface area contributed by atoms with Crippen molar-refractivity contribution in [2.75, 3.05) is 25.6 Å². The molecule has 0 amide bonds. The van der Waals surface area contributed by atoms with Crippen molar-refractivity contribution in [2.45, 2.75) is 25.8 Å². The zero-order chi connectivity index (χ0) is 13.2. The van der Waals surface area contributed by atoms with Crippen LogP contribution in [0, 0.1) is 6.92 Å². The summed E-state index contributed by atoms with van der Waals surface area (Å²) in [6.45, 7) is 5.34. The molecule has 1 aromatic heterocycles. The average Bonchev–Trinajstić information content (AvgIpc) is 2.75. The van der Waals surface area contributed by atoms with E-state index in [2.05, 4.69) is 17.2 Å². The number of aromatic nitrogens is 1. The molecule has 5 heteroatoms. The molecule has 18 heavy (non-hydrogen) atoms. The van der Waals surface area contributed by atoms with Gasteiger partial charge in [0.05, 0.1) is 30.5 Å². The van der Waals surface area contributed by atoms with E-state index in [1.807, 2.05) is 0 Å². The second-order valence-electron chi connectivity index (χ2n) is 4.81. The molecule has 1 N–H and O–H groups in total. The molecule has 0 saturated carbocycles. The lowest BCUT2D eigenvalue weighted by atomic mass is 10.0. The number of hydrogen-bond acceptors (Lipinski definition) is 5.